The van der Waals surface area contributed by atoms with E-state index in [9.17, 15) is 4.79 Å². The molecule has 1 aliphatic heterocycles. The average molecular weight is 245 g/mol. The number of carbonyl (C=O) groups excluding carboxylic acids is 1. The number of ether oxygens (including phenoxy) is 2. The van der Waals surface area contributed by atoms with Crippen molar-refractivity contribution in [1.82, 2.24) is 10.2 Å². The van der Waals surface area contributed by atoms with Gasteiger partial charge < -0.3 is 14.8 Å². The maximum Gasteiger partial charge on any atom is 0.257 e. The van der Waals surface area contributed by atoms with Gasteiger partial charge in [-0.05, 0) is 25.1 Å². The molecule has 1 amide bonds. The number of amides is 1. The molecule has 0 saturated heterocycles. The number of hydrogen-bond donors (Lipinski definition) is 2. The number of fused-ring (bicyclic) bond motifs is 1. The molecule has 1 aromatic heterocycles. The maximum absolute atomic E-state index is 12.0. The number of benzene rings is 1. The summed E-state index contributed by atoms with van der Waals surface area (Å²) in [5.74, 6) is 1.50. The first-order valence-electron chi connectivity index (χ1n) is 5.45. The molecule has 1 aromatic carbocycles. The number of anilines is 1. The number of nitrogens with one attached hydrogen (secondary N) is 2. The summed E-state index contributed by atoms with van der Waals surface area (Å²) in [6.45, 7) is 2.06. The van der Waals surface area contributed by atoms with Crippen LogP contribution in [0.15, 0.2) is 24.3 Å². The van der Waals surface area contributed by atoms with Gasteiger partial charge in [0.1, 0.15) is 0 Å². The van der Waals surface area contributed by atoms with Crippen molar-refractivity contribution in [2.24, 2.45) is 0 Å². The Kier molecular flexibility index (Phi) is 2.40. The van der Waals surface area contributed by atoms with Crippen molar-refractivity contribution in [1.29, 1.82) is 0 Å². The zero-order chi connectivity index (χ0) is 12.5. The number of aromatic amines is 1. The average Bonchev–Trinajstić information content (AvgIpc) is 2.96. The van der Waals surface area contributed by atoms with Gasteiger partial charge in [-0.25, -0.2) is 0 Å². The minimum atomic E-state index is -0.236. The van der Waals surface area contributed by atoms with E-state index in [1.165, 1.54) is 0 Å². The molecule has 0 bridgehead atoms. The predicted molar refractivity (Wildman–Crippen MR) is 63.8 cm³/mol. The Morgan fingerprint density at radius 3 is 2.94 bits per heavy atom. The third-order valence-electron chi connectivity index (χ3n) is 2.58. The fraction of sp³-hybridized carbons (Fsp3) is 0.167. The second kappa shape index (κ2) is 4.06. The Morgan fingerprint density at radius 1 is 1.33 bits per heavy atom. The second-order valence-electron chi connectivity index (χ2n) is 3.96. The SMILES string of the molecule is Cc1cc(NC(=O)c2ccc3c(c2)OCO3)n[nH]1. The summed E-state index contributed by atoms with van der Waals surface area (Å²) in [5, 5.41) is 9.39. The molecule has 6 heteroatoms. The monoisotopic (exact) mass is 245 g/mol. The smallest absolute Gasteiger partial charge is 0.257 e. The molecule has 1 aliphatic rings. The first-order valence-corrected chi connectivity index (χ1v) is 5.45. The minimum Gasteiger partial charge on any atom is -0.454 e. The van der Waals surface area contributed by atoms with Crippen LogP contribution in [0.1, 0.15) is 16.1 Å². The van der Waals surface area contributed by atoms with E-state index in [1.54, 1.807) is 24.3 Å². The van der Waals surface area contributed by atoms with Crippen molar-refractivity contribution in [2.45, 2.75) is 6.92 Å². The van der Waals surface area contributed by atoms with E-state index in [2.05, 4.69) is 15.5 Å². The highest BCUT2D eigenvalue weighted by molar-refractivity contribution is 6.04. The minimum absolute atomic E-state index is 0.193. The molecule has 18 heavy (non-hydrogen) atoms. The lowest BCUT2D eigenvalue weighted by molar-refractivity contribution is 0.102. The van der Waals surface area contributed by atoms with Gasteiger partial charge in [-0.2, -0.15) is 5.10 Å². The van der Waals surface area contributed by atoms with Crippen LogP contribution in [0.4, 0.5) is 5.82 Å². The Balaban J connectivity index is 1.80. The Morgan fingerprint density at radius 2 is 2.17 bits per heavy atom. The molecule has 3 rings (SSSR count). The maximum atomic E-state index is 12.0. The summed E-state index contributed by atoms with van der Waals surface area (Å²) in [7, 11) is 0. The van der Waals surface area contributed by atoms with Crippen molar-refractivity contribution in [3.8, 4) is 11.5 Å². The van der Waals surface area contributed by atoms with Gasteiger partial charge in [0.25, 0.3) is 5.91 Å². The predicted octanol–water partition coefficient (Wildman–Crippen LogP) is 1.70. The fourth-order valence-electron chi connectivity index (χ4n) is 1.71. The third-order valence-corrected chi connectivity index (χ3v) is 2.58. The number of H-pyrrole nitrogens is 1. The normalized spacial score (nSPS) is 12.5. The van der Waals surface area contributed by atoms with Gasteiger partial charge >= 0.3 is 0 Å². The fourth-order valence-corrected chi connectivity index (χ4v) is 1.71. The Labute approximate surface area is 103 Å². The number of hydrogen-bond acceptors (Lipinski definition) is 4. The van der Waals surface area contributed by atoms with Gasteiger partial charge in [-0.3, -0.25) is 9.89 Å². The summed E-state index contributed by atoms with van der Waals surface area (Å²) in [6, 6.07) is 6.80. The molecule has 0 unspecified atom stereocenters. The number of nitrogens with zero attached hydrogens (tertiary/aromatic N) is 1. The highest BCUT2D eigenvalue weighted by atomic mass is 16.7. The largest absolute Gasteiger partial charge is 0.454 e. The molecule has 0 atom stereocenters. The molecule has 0 saturated carbocycles. The number of rotatable bonds is 2. The van der Waals surface area contributed by atoms with E-state index >= 15 is 0 Å². The number of carbonyl (C=O) groups is 1. The van der Waals surface area contributed by atoms with Crippen LogP contribution in [0.5, 0.6) is 11.5 Å². The van der Waals surface area contributed by atoms with E-state index in [0.717, 1.165) is 5.69 Å². The van der Waals surface area contributed by atoms with Gasteiger partial charge in [-0.15, -0.1) is 0 Å². The quantitative estimate of drug-likeness (QED) is 0.844. The third kappa shape index (κ3) is 1.88. The Bertz CT molecular complexity index is 606. The lowest BCUT2D eigenvalue weighted by Gasteiger charge is -2.02. The van der Waals surface area contributed by atoms with Crippen molar-refractivity contribution in [2.75, 3.05) is 12.1 Å². The zero-order valence-corrected chi connectivity index (χ0v) is 9.69. The van der Waals surface area contributed by atoms with Gasteiger partial charge in [-0.1, -0.05) is 0 Å². The molecule has 0 aliphatic carbocycles. The van der Waals surface area contributed by atoms with E-state index in [0.29, 0.717) is 22.9 Å². The van der Waals surface area contributed by atoms with Gasteiger partial charge in [0.15, 0.2) is 17.3 Å². The van der Waals surface area contributed by atoms with Gasteiger partial charge in [0.05, 0.1) is 0 Å². The van der Waals surface area contributed by atoms with Crippen molar-refractivity contribution < 1.29 is 14.3 Å². The van der Waals surface area contributed by atoms with E-state index in [-0.39, 0.29) is 12.7 Å². The van der Waals surface area contributed by atoms with Crippen molar-refractivity contribution >= 4 is 11.7 Å². The molecular formula is C12H11N3O3. The van der Waals surface area contributed by atoms with Crippen LogP contribution in [-0.2, 0) is 0 Å². The molecule has 6 nitrogen and oxygen atoms in total. The molecule has 2 heterocycles. The Hall–Kier alpha value is -2.50. The van der Waals surface area contributed by atoms with Crippen LogP contribution < -0.4 is 14.8 Å². The van der Waals surface area contributed by atoms with Crippen LogP contribution in [0.2, 0.25) is 0 Å². The molecule has 0 radical (unpaired) electrons. The van der Waals surface area contributed by atoms with Gasteiger partial charge in [0.2, 0.25) is 6.79 Å². The van der Waals surface area contributed by atoms with Crippen LogP contribution in [0, 0.1) is 6.92 Å². The number of aromatic nitrogens is 2. The molecule has 2 N–H and O–H groups in total. The summed E-state index contributed by atoms with van der Waals surface area (Å²) in [5.41, 5.74) is 1.39. The molecular weight excluding hydrogens is 234 g/mol. The van der Waals surface area contributed by atoms with E-state index in [4.69, 9.17) is 9.47 Å². The molecule has 0 spiro atoms. The van der Waals surface area contributed by atoms with Crippen molar-refractivity contribution in [3.05, 3.63) is 35.5 Å². The topological polar surface area (TPSA) is 76.2 Å². The summed E-state index contributed by atoms with van der Waals surface area (Å²) < 4.78 is 10.4. The number of aryl methyl sites for hydroxylation is 1. The standard InChI is InChI=1S/C12H11N3O3/c1-7-4-11(15-14-7)13-12(16)8-2-3-9-10(5-8)18-6-17-9/h2-5H,6H2,1H3,(H2,13,14,15,16). The molecule has 0 fully saturated rings. The summed E-state index contributed by atoms with van der Waals surface area (Å²) in [6.07, 6.45) is 0. The zero-order valence-electron chi connectivity index (χ0n) is 9.69. The van der Waals surface area contributed by atoms with E-state index < -0.39 is 0 Å². The lowest BCUT2D eigenvalue weighted by atomic mass is 10.2. The van der Waals surface area contributed by atoms with Gasteiger partial charge in [0, 0.05) is 17.3 Å². The highest BCUT2D eigenvalue weighted by Crippen LogP contribution is 2.32. The summed E-state index contributed by atoms with van der Waals surface area (Å²) >= 11 is 0. The van der Waals surface area contributed by atoms with Crippen LogP contribution in [0.3, 0.4) is 0 Å². The lowest BCUT2D eigenvalue weighted by Crippen LogP contribution is -2.12. The van der Waals surface area contributed by atoms with Crippen LogP contribution in [0.25, 0.3) is 0 Å². The first-order chi connectivity index (χ1) is 8.72. The highest BCUT2D eigenvalue weighted by Gasteiger charge is 2.16. The molecule has 92 valence electrons. The second-order valence-corrected chi connectivity index (χ2v) is 3.96. The van der Waals surface area contributed by atoms with Crippen LogP contribution in [-0.4, -0.2) is 22.9 Å². The van der Waals surface area contributed by atoms with E-state index in [1.807, 2.05) is 6.92 Å². The first kappa shape index (κ1) is 10.6. The summed E-state index contributed by atoms with van der Waals surface area (Å²) in [4.78, 5) is 12.0. The molecule has 2 aromatic rings. The van der Waals surface area contributed by atoms with Crippen molar-refractivity contribution in [3.63, 3.8) is 0 Å². The van der Waals surface area contributed by atoms with Crippen LogP contribution >= 0.6 is 0 Å².